The first-order valence-corrected chi connectivity index (χ1v) is 17.8. The van der Waals surface area contributed by atoms with Crippen molar-refractivity contribution in [3.8, 4) is 17.2 Å². The molecule has 250 valence electrons. The van der Waals surface area contributed by atoms with E-state index in [2.05, 4.69) is 22.0 Å². The topological polar surface area (TPSA) is 111 Å². The van der Waals surface area contributed by atoms with Gasteiger partial charge in [-0.05, 0) is 60.0 Å². The summed E-state index contributed by atoms with van der Waals surface area (Å²) < 4.78 is 0. The zero-order valence-corrected chi connectivity index (χ0v) is 29.1. The number of hydrogen-bond donors (Lipinski definition) is 3. The van der Waals surface area contributed by atoms with E-state index in [1.807, 2.05) is 109 Å². The molecule has 6 aromatic rings. The summed E-state index contributed by atoms with van der Waals surface area (Å²) in [7, 11) is 0. The minimum Gasteiger partial charge on any atom is -0.321 e. The van der Waals surface area contributed by atoms with Crippen LogP contribution in [0.15, 0.2) is 155 Å². The molecular formula is C42H32N4O3S2. The van der Waals surface area contributed by atoms with Crippen molar-refractivity contribution in [1.29, 1.82) is 5.26 Å². The number of thiophene rings is 1. The van der Waals surface area contributed by atoms with Gasteiger partial charge in [-0.3, -0.25) is 14.4 Å². The quantitative estimate of drug-likeness (QED) is 0.0919. The number of carbonyl (C=O) groups is 3. The van der Waals surface area contributed by atoms with Gasteiger partial charge >= 0.3 is 0 Å². The SMILES string of the molecule is Cc1ccc(/C=C(/NC(=O)c2ccccc2)C(=O)Nc2cccc(SC(C(=O)Nc3scc(-c4ccccc4)c3C#N)c3ccccc3)c2)cc1. The number of anilines is 2. The maximum atomic E-state index is 13.9. The summed E-state index contributed by atoms with van der Waals surface area (Å²) in [5, 5.41) is 20.4. The monoisotopic (exact) mass is 704 g/mol. The fourth-order valence-corrected chi connectivity index (χ4v) is 7.23. The van der Waals surface area contributed by atoms with Gasteiger partial charge in [0.2, 0.25) is 5.91 Å². The minimum absolute atomic E-state index is 0.0754. The molecule has 0 bridgehead atoms. The summed E-state index contributed by atoms with van der Waals surface area (Å²) in [6.07, 6.45) is 1.63. The number of carbonyl (C=O) groups excluding carboxylic acids is 3. The predicted molar refractivity (Wildman–Crippen MR) is 206 cm³/mol. The van der Waals surface area contributed by atoms with Gasteiger partial charge in [-0.1, -0.05) is 115 Å². The molecule has 7 nitrogen and oxygen atoms in total. The molecular weight excluding hydrogens is 673 g/mol. The Labute approximate surface area is 304 Å². The average molecular weight is 705 g/mol. The van der Waals surface area contributed by atoms with Crippen LogP contribution in [-0.2, 0) is 9.59 Å². The Balaban J connectivity index is 1.23. The number of amides is 3. The van der Waals surface area contributed by atoms with Crippen molar-refractivity contribution < 1.29 is 14.4 Å². The fourth-order valence-electron chi connectivity index (χ4n) is 5.22. The van der Waals surface area contributed by atoms with Crippen LogP contribution in [0.2, 0.25) is 0 Å². The second kappa shape index (κ2) is 16.5. The van der Waals surface area contributed by atoms with E-state index in [4.69, 9.17) is 0 Å². The van der Waals surface area contributed by atoms with Crippen LogP contribution in [0.1, 0.15) is 37.9 Å². The van der Waals surface area contributed by atoms with Crippen molar-refractivity contribution in [2.75, 3.05) is 10.6 Å². The third kappa shape index (κ3) is 8.88. The van der Waals surface area contributed by atoms with Gasteiger partial charge in [-0.2, -0.15) is 5.26 Å². The predicted octanol–water partition coefficient (Wildman–Crippen LogP) is 9.48. The average Bonchev–Trinajstić information content (AvgIpc) is 3.57. The summed E-state index contributed by atoms with van der Waals surface area (Å²) in [4.78, 5) is 41.4. The molecule has 6 rings (SSSR count). The maximum Gasteiger partial charge on any atom is 0.272 e. The van der Waals surface area contributed by atoms with E-state index in [1.54, 1.807) is 48.5 Å². The highest BCUT2D eigenvalue weighted by Crippen LogP contribution is 2.40. The van der Waals surface area contributed by atoms with Gasteiger partial charge in [0.1, 0.15) is 22.0 Å². The number of nitrogens with zero attached hydrogens (tertiary/aromatic N) is 1. The number of nitriles is 1. The van der Waals surface area contributed by atoms with Crippen molar-refractivity contribution >= 4 is 57.6 Å². The standard InChI is InChI=1S/C42H32N4O3S2/c1-28-20-22-29(23-21-28)24-37(45-39(47)32-16-9-4-10-17-32)40(48)44-33-18-11-19-34(25-33)51-38(31-14-7-3-8-15-31)41(49)46-42-35(26-43)36(27-50-42)30-12-5-2-6-13-30/h2-25,27,38H,1H3,(H,44,48)(H,45,47)(H,46,49)/b37-24+. The normalized spacial score (nSPS) is 11.6. The summed E-state index contributed by atoms with van der Waals surface area (Å²) in [5.41, 5.74) is 5.66. The summed E-state index contributed by atoms with van der Waals surface area (Å²) >= 11 is 2.63. The molecule has 1 unspecified atom stereocenters. The molecule has 1 aromatic heterocycles. The lowest BCUT2D eigenvalue weighted by Crippen LogP contribution is -2.30. The number of thioether (sulfide) groups is 1. The molecule has 0 spiro atoms. The zero-order chi connectivity index (χ0) is 35.6. The largest absolute Gasteiger partial charge is 0.321 e. The third-order valence-electron chi connectivity index (χ3n) is 7.83. The Kier molecular flexibility index (Phi) is 11.2. The second-order valence-electron chi connectivity index (χ2n) is 11.5. The van der Waals surface area contributed by atoms with Crippen molar-refractivity contribution in [3.05, 3.63) is 178 Å². The maximum absolute atomic E-state index is 13.9. The highest BCUT2D eigenvalue weighted by atomic mass is 32.2. The smallest absolute Gasteiger partial charge is 0.272 e. The van der Waals surface area contributed by atoms with Crippen LogP contribution >= 0.6 is 23.1 Å². The molecule has 0 aliphatic carbocycles. The van der Waals surface area contributed by atoms with E-state index < -0.39 is 17.1 Å². The Hall–Kier alpha value is -6.21. The summed E-state index contributed by atoms with van der Waals surface area (Å²) in [5.74, 6) is -1.20. The van der Waals surface area contributed by atoms with Gasteiger partial charge in [0, 0.05) is 27.1 Å². The summed E-state index contributed by atoms with van der Waals surface area (Å²) in [6, 6.07) is 44.8. The number of hydrogen-bond acceptors (Lipinski definition) is 6. The van der Waals surface area contributed by atoms with E-state index in [9.17, 15) is 19.6 Å². The summed E-state index contributed by atoms with van der Waals surface area (Å²) in [6.45, 7) is 1.97. The Morgan fingerprint density at radius 2 is 1.45 bits per heavy atom. The van der Waals surface area contributed by atoms with Crippen LogP contribution in [0.5, 0.6) is 0 Å². The first-order valence-electron chi connectivity index (χ1n) is 16.0. The lowest BCUT2D eigenvalue weighted by atomic mass is 10.1. The lowest BCUT2D eigenvalue weighted by molar-refractivity contribution is -0.116. The molecule has 0 aliphatic heterocycles. The van der Waals surface area contributed by atoms with Gasteiger partial charge in [0.05, 0.1) is 5.56 Å². The van der Waals surface area contributed by atoms with Crippen molar-refractivity contribution in [3.63, 3.8) is 0 Å². The van der Waals surface area contributed by atoms with E-state index in [0.29, 0.717) is 21.8 Å². The zero-order valence-electron chi connectivity index (χ0n) is 27.5. The van der Waals surface area contributed by atoms with Crippen molar-refractivity contribution in [2.45, 2.75) is 17.1 Å². The molecule has 9 heteroatoms. The van der Waals surface area contributed by atoms with Crippen LogP contribution < -0.4 is 16.0 Å². The van der Waals surface area contributed by atoms with Gasteiger partial charge in [-0.25, -0.2) is 0 Å². The number of rotatable bonds is 11. The Morgan fingerprint density at radius 3 is 2.14 bits per heavy atom. The van der Waals surface area contributed by atoms with E-state index in [0.717, 1.165) is 32.7 Å². The highest BCUT2D eigenvalue weighted by Gasteiger charge is 2.25. The van der Waals surface area contributed by atoms with Gasteiger partial charge in [0.15, 0.2) is 0 Å². The third-order valence-corrected chi connectivity index (χ3v) is 9.97. The van der Waals surface area contributed by atoms with Crippen LogP contribution in [0.3, 0.4) is 0 Å². The van der Waals surface area contributed by atoms with E-state index in [1.165, 1.54) is 23.1 Å². The lowest BCUT2D eigenvalue weighted by Gasteiger charge is -2.17. The molecule has 5 aromatic carbocycles. The number of nitrogens with one attached hydrogen (secondary N) is 3. The van der Waals surface area contributed by atoms with Gasteiger partial charge in [-0.15, -0.1) is 23.1 Å². The molecule has 0 fully saturated rings. The molecule has 1 heterocycles. The first-order chi connectivity index (χ1) is 24.9. The van der Waals surface area contributed by atoms with Gasteiger partial charge in [0.25, 0.3) is 11.8 Å². The Morgan fingerprint density at radius 1 is 0.784 bits per heavy atom. The van der Waals surface area contributed by atoms with Crippen molar-refractivity contribution in [2.24, 2.45) is 0 Å². The van der Waals surface area contributed by atoms with Gasteiger partial charge < -0.3 is 16.0 Å². The van der Waals surface area contributed by atoms with E-state index in [-0.39, 0.29) is 11.6 Å². The van der Waals surface area contributed by atoms with Crippen LogP contribution in [-0.4, -0.2) is 17.7 Å². The molecule has 1 atom stereocenters. The van der Waals surface area contributed by atoms with Crippen molar-refractivity contribution in [1.82, 2.24) is 5.32 Å². The van der Waals surface area contributed by atoms with E-state index >= 15 is 0 Å². The number of aryl methyl sites for hydroxylation is 1. The first kappa shape index (κ1) is 34.6. The molecule has 51 heavy (non-hydrogen) atoms. The molecule has 3 amide bonds. The highest BCUT2D eigenvalue weighted by molar-refractivity contribution is 8.00. The second-order valence-corrected chi connectivity index (χ2v) is 13.6. The molecule has 0 saturated carbocycles. The van der Waals surface area contributed by atoms with Crippen LogP contribution in [0.25, 0.3) is 17.2 Å². The number of benzene rings is 5. The molecule has 3 N–H and O–H groups in total. The van der Waals surface area contributed by atoms with Crippen LogP contribution in [0, 0.1) is 18.3 Å². The fraction of sp³-hybridized carbons (Fsp3) is 0.0476. The molecule has 0 radical (unpaired) electrons. The molecule has 0 aliphatic rings. The Bertz CT molecular complexity index is 2230. The van der Waals surface area contributed by atoms with Crippen LogP contribution in [0.4, 0.5) is 10.7 Å². The molecule has 0 saturated heterocycles. The minimum atomic E-state index is -0.673.